The summed E-state index contributed by atoms with van der Waals surface area (Å²) in [6.07, 6.45) is 0. The number of urea groups is 1. The molecule has 110 valence electrons. The topological polar surface area (TPSA) is 85.6 Å². The number of aryl methyl sites for hydroxylation is 1. The van der Waals surface area contributed by atoms with E-state index in [-0.39, 0.29) is 6.03 Å². The smallest absolute Gasteiger partial charge is 0.320 e. The van der Waals surface area contributed by atoms with Crippen LogP contribution in [0.25, 0.3) is 0 Å². The minimum Gasteiger partial charge on any atom is -0.486 e. The maximum atomic E-state index is 11.7. The minimum absolute atomic E-state index is 0.349. The minimum atomic E-state index is -0.349. The lowest BCUT2D eigenvalue weighted by molar-refractivity contribution is 0.171. The molecule has 21 heavy (non-hydrogen) atoms. The van der Waals surface area contributed by atoms with Crippen molar-refractivity contribution in [3.63, 3.8) is 0 Å². The van der Waals surface area contributed by atoms with Gasteiger partial charge in [-0.05, 0) is 24.6 Å². The third-order valence-corrected chi connectivity index (χ3v) is 2.93. The first-order chi connectivity index (χ1) is 10.2. The first-order valence-electron chi connectivity index (χ1n) is 6.57. The molecule has 0 saturated carbocycles. The zero-order valence-electron chi connectivity index (χ0n) is 11.5. The van der Waals surface area contributed by atoms with E-state index >= 15 is 0 Å². The Kier molecular flexibility index (Phi) is 3.63. The van der Waals surface area contributed by atoms with Crippen LogP contribution in [0.15, 0.2) is 28.8 Å². The number of anilines is 1. The van der Waals surface area contributed by atoms with Crippen LogP contribution in [0.4, 0.5) is 10.6 Å². The molecular formula is C14H15N3O4. The van der Waals surface area contributed by atoms with Crippen LogP contribution in [0.2, 0.25) is 0 Å². The highest BCUT2D eigenvalue weighted by atomic mass is 16.6. The van der Waals surface area contributed by atoms with Crippen molar-refractivity contribution in [2.75, 3.05) is 18.5 Å². The zero-order chi connectivity index (χ0) is 14.7. The number of ether oxygens (including phenoxy) is 2. The Balaban J connectivity index is 1.56. The lowest BCUT2D eigenvalue weighted by Crippen LogP contribution is -2.28. The quantitative estimate of drug-likeness (QED) is 0.903. The third kappa shape index (κ3) is 3.25. The van der Waals surface area contributed by atoms with Crippen molar-refractivity contribution in [2.24, 2.45) is 0 Å². The number of fused-ring (bicyclic) bond motifs is 1. The van der Waals surface area contributed by atoms with Crippen molar-refractivity contribution in [1.82, 2.24) is 10.5 Å². The van der Waals surface area contributed by atoms with Crippen molar-refractivity contribution in [2.45, 2.75) is 13.5 Å². The summed E-state index contributed by atoms with van der Waals surface area (Å²) in [6.45, 7) is 3.23. The fraction of sp³-hybridized carbons (Fsp3) is 0.286. The fourth-order valence-electron chi connectivity index (χ4n) is 1.97. The lowest BCUT2D eigenvalue weighted by atomic mass is 10.2. The molecular weight excluding hydrogens is 274 g/mol. The molecule has 0 unspecified atom stereocenters. The second-order valence-electron chi connectivity index (χ2n) is 4.61. The summed E-state index contributed by atoms with van der Waals surface area (Å²) in [6, 6.07) is 6.87. The molecule has 7 nitrogen and oxygen atoms in total. The molecule has 1 aromatic heterocycles. The number of hydrogen-bond donors (Lipinski definition) is 2. The monoisotopic (exact) mass is 289 g/mol. The fourth-order valence-corrected chi connectivity index (χ4v) is 1.97. The molecule has 2 aromatic rings. The number of rotatable bonds is 3. The molecule has 7 heteroatoms. The Labute approximate surface area is 121 Å². The summed E-state index contributed by atoms with van der Waals surface area (Å²) >= 11 is 0. The number of nitrogens with one attached hydrogen (secondary N) is 2. The normalized spacial score (nSPS) is 12.8. The predicted octanol–water partition coefficient (Wildman–Crippen LogP) is 2.08. The number of benzene rings is 1. The average molecular weight is 289 g/mol. The van der Waals surface area contributed by atoms with Crippen molar-refractivity contribution in [1.29, 1.82) is 0 Å². The highest BCUT2D eigenvalue weighted by Gasteiger charge is 2.12. The summed E-state index contributed by atoms with van der Waals surface area (Å²) in [4.78, 5) is 11.7. The van der Waals surface area contributed by atoms with Crippen LogP contribution in [0.5, 0.6) is 11.5 Å². The second-order valence-corrected chi connectivity index (χ2v) is 4.61. The second kappa shape index (κ2) is 5.74. The molecule has 1 aliphatic heterocycles. The van der Waals surface area contributed by atoms with Gasteiger partial charge in [-0.15, -0.1) is 0 Å². The number of carbonyl (C=O) groups excluding carboxylic acids is 1. The molecule has 0 atom stereocenters. The first-order valence-corrected chi connectivity index (χ1v) is 6.57. The van der Waals surface area contributed by atoms with Gasteiger partial charge in [-0.1, -0.05) is 11.2 Å². The van der Waals surface area contributed by atoms with E-state index in [4.69, 9.17) is 14.0 Å². The Morgan fingerprint density at radius 2 is 2.05 bits per heavy atom. The van der Waals surface area contributed by atoms with Gasteiger partial charge in [-0.25, -0.2) is 4.79 Å². The molecule has 2 heterocycles. The van der Waals surface area contributed by atoms with Gasteiger partial charge in [0.05, 0.1) is 0 Å². The Hall–Kier alpha value is -2.70. The van der Waals surface area contributed by atoms with Crippen LogP contribution in [-0.2, 0) is 6.54 Å². The van der Waals surface area contributed by atoms with E-state index in [1.807, 2.05) is 18.2 Å². The zero-order valence-corrected chi connectivity index (χ0v) is 11.5. The van der Waals surface area contributed by atoms with Crippen molar-refractivity contribution in [3.05, 3.63) is 35.6 Å². The van der Waals surface area contributed by atoms with E-state index < -0.39 is 0 Å². The van der Waals surface area contributed by atoms with Gasteiger partial charge in [0.2, 0.25) is 0 Å². The van der Waals surface area contributed by atoms with Crippen LogP contribution >= 0.6 is 0 Å². The summed E-state index contributed by atoms with van der Waals surface area (Å²) in [5.74, 6) is 2.45. The van der Waals surface area contributed by atoms with Crippen LogP contribution in [-0.4, -0.2) is 24.4 Å². The van der Waals surface area contributed by atoms with Gasteiger partial charge >= 0.3 is 6.03 Å². The molecule has 1 aliphatic rings. The number of carbonyl (C=O) groups is 1. The maximum Gasteiger partial charge on any atom is 0.320 e. The van der Waals surface area contributed by atoms with Gasteiger partial charge in [0.25, 0.3) is 0 Å². The molecule has 0 radical (unpaired) electrons. The highest BCUT2D eigenvalue weighted by molar-refractivity contribution is 5.88. The largest absolute Gasteiger partial charge is 0.486 e. The van der Waals surface area contributed by atoms with Gasteiger partial charge in [0, 0.05) is 12.6 Å². The van der Waals surface area contributed by atoms with E-state index in [0.717, 1.165) is 11.3 Å². The number of hydrogen-bond acceptors (Lipinski definition) is 5. The molecule has 2 amide bonds. The number of nitrogens with zero attached hydrogens (tertiary/aromatic N) is 1. The molecule has 0 aliphatic carbocycles. The van der Waals surface area contributed by atoms with Gasteiger partial charge in [-0.2, -0.15) is 0 Å². The van der Waals surface area contributed by atoms with E-state index in [9.17, 15) is 4.79 Å². The summed E-state index contributed by atoms with van der Waals surface area (Å²) in [5.41, 5.74) is 0.922. The molecule has 0 fully saturated rings. The van der Waals surface area contributed by atoms with Gasteiger partial charge in [0.1, 0.15) is 19.0 Å². The lowest BCUT2D eigenvalue weighted by Gasteiger charge is -2.18. The highest BCUT2D eigenvalue weighted by Crippen LogP contribution is 2.30. The molecule has 0 spiro atoms. The predicted molar refractivity (Wildman–Crippen MR) is 74.5 cm³/mol. The van der Waals surface area contributed by atoms with Crippen LogP contribution in [0.3, 0.4) is 0 Å². The van der Waals surface area contributed by atoms with Crippen molar-refractivity contribution >= 4 is 11.8 Å². The third-order valence-electron chi connectivity index (χ3n) is 2.93. The van der Waals surface area contributed by atoms with Crippen LogP contribution in [0, 0.1) is 6.92 Å². The number of aromatic nitrogens is 1. The van der Waals surface area contributed by atoms with E-state index in [1.165, 1.54) is 0 Å². The molecule has 3 rings (SSSR count). The summed E-state index contributed by atoms with van der Waals surface area (Å²) in [7, 11) is 0. The molecule has 2 N–H and O–H groups in total. The van der Waals surface area contributed by atoms with Crippen LogP contribution in [0.1, 0.15) is 11.3 Å². The molecule has 0 bridgehead atoms. The SMILES string of the molecule is Cc1cc(NC(=O)NCc2ccc3c(c2)OCCO3)no1. The number of amides is 2. The molecule has 1 aromatic carbocycles. The average Bonchev–Trinajstić information content (AvgIpc) is 2.90. The van der Waals surface area contributed by atoms with E-state index in [2.05, 4.69) is 15.8 Å². The van der Waals surface area contributed by atoms with Crippen molar-refractivity contribution < 1.29 is 18.8 Å². The van der Waals surface area contributed by atoms with Crippen molar-refractivity contribution in [3.8, 4) is 11.5 Å². The Morgan fingerprint density at radius 3 is 2.81 bits per heavy atom. The Morgan fingerprint density at radius 1 is 1.24 bits per heavy atom. The maximum absolute atomic E-state index is 11.7. The van der Waals surface area contributed by atoms with Gasteiger partial charge in [0.15, 0.2) is 17.3 Å². The van der Waals surface area contributed by atoms with Gasteiger partial charge in [-0.3, -0.25) is 5.32 Å². The Bertz CT molecular complexity index is 653. The molecule has 0 saturated heterocycles. The summed E-state index contributed by atoms with van der Waals surface area (Å²) in [5, 5.41) is 9.00. The van der Waals surface area contributed by atoms with Crippen LogP contribution < -0.4 is 20.1 Å². The first kappa shape index (κ1) is 13.3. The van der Waals surface area contributed by atoms with E-state index in [1.54, 1.807) is 13.0 Å². The standard InChI is InChI=1S/C14H15N3O4/c1-9-6-13(17-21-9)16-14(18)15-8-10-2-3-11-12(7-10)20-5-4-19-11/h2-3,6-7H,4-5,8H2,1H3,(H2,15,16,17,18). The van der Waals surface area contributed by atoms with Gasteiger partial charge < -0.3 is 19.3 Å². The van der Waals surface area contributed by atoms with E-state index in [0.29, 0.717) is 37.1 Å². The summed E-state index contributed by atoms with van der Waals surface area (Å²) < 4.78 is 15.8.